The van der Waals surface area contributed by atoms with Crippen molar-refractivity contribution in [2.24, 2.45) is 0 Å². The molecule has 1 saturated carbocycles. The number of nitrogens with one attached hydrogen (secondary N) is 3. The van der Waals surface area contributed by atoms with E-state index in [9.17, 15) is 4.79 Å². The molecule has 0 unspecified atom stereocenters. The normalized spacial score (nSPS) is 16.8. The Kier molecular flexibility index (Phi) is 2.70. The summed E-state index contributed by atoms with van der Waals surface area (Å²) in [6, 6.07) is 4.48. The number of imidazole rings is 1. The Morgan fingerprint density at radius 1 is 1.18 bits per heavy atom. The molecule has 2 aromatic rings. The molecule has 3 rings (SSSR count). The molecule has 0 amide bonds. The smallest absolute Gasteiger partial charge is 0.323 e. The number of rotatable bonds is 2. The SMILES string of the molecule is O=c1[nH]c2cc(Br)c(NC3CCCC3)cc2[nH]1. The summed E-state index contributed by atoms with van der Waals surface area (Å²) in [6.45, 7) is 0. The van der Waals surface area contributed by atoms with Crippen molar-refractivity contribution in [1.29, 1.82) is 0 Å². The van der Waals surface area contributed by atoms with Crippen molar-refractivity contribution in [2.45, 2.75) is 31.7 Å². The van der Waals surface area contributed by atoms with Gasteiger partial charge in [0.15, 0.2) is 0 Å². The molecule has 1 aliphatic rings. The Morgan fingerprint density at radius 3 is 2.53 bits per heavy atom. The first kappa shape index (κ1) is 10.9. The molecular formula is C12H14BrN3O. The second-order valence-corrected chi connectivity index (χ2v) is 5.44. The van der Waals surface area contributed by atoms with Crippen LogP contribution in [-0.2, 0) is 0 Å². The lowest BCUT2D eigenvalue weighted by Gasteiger charge is -2.14. The third-order valence-corrected chi connectivity index (χ3v) is 3.97. The zero-order valence-electron chi connectivity index (χ0n) is 9.35. The van der Waals surface area contributed by atoms with Crippen LogP contribution >= 0.6 is 15.9 Å². The minimum absolute atomic E-state index is 0.162. The van der Waals surface area contributed by atoms with Crippen LogP contribution in [-0.4, -0.2) is 16.0 Å². The molecule has 1 fully saturated rings. The van der Waals surface area contributed by atoms with E-state index in [1.165, 1.54) is 25.7 Å². The number of aromatic amines is 2. The van der Waals surface area contributed by atoms with E-state index in [1.54, 1.807) is 0 Å². The number of anilines is 1. The number of hydrogen-bond acceptors (Lipinski definition) is 2. The summed E-state index contributed by atoms with van der Waals surface area (Å²) in [4.78, 5) is 16.7. The van der Waals surface area contributed by atoms with Crippen LogP contribution in [0.1, 0.15) is 25.7 Å². The molecule has 0 bridgehead atoms. The number of benzene rings is 1. The Bertz CT molecular complexity index is 595. The summed E-state index contributed by atoms with van der Waals surface area (Å²) >= 11 is 3.54. The number of aromatic nitrogens is 2. The highest BCUT2D eigenvalue weighted by Crippen LogP contribution is 2.29. The average molecular weight is 296 g/mol. The van der Waals surface area contributed by atoms with E-state index in [0.717, 1.165) is 21.2 Å². The molecule has 4 nitrogen and oxygen atoms in total. The van der Waals surface area contributed by atoms with Gasteiger partial charge in [-0.3, -0.25) is 0 Å². The topological polar surface area (TPSA) is 60.7 Å². The van der Waals surface area contributed by atoms with Gasteiger partial charge in [0.05, 0.1) is 16.7 Å². The van der Waals surface area contributed by atoms with E-state index >= 15 is 0 Å². The molecule has 1 aliphatic carbocycles. The van der Waals surface area contributed by atoms with Crippen LogP contribution in [0.4, 0.5) is 5.69 Å². The highest BCUT2D eigenvalue weighted by atomic mass is 79.9. The maximum Gasteiger partial charge on any atom is 0.323 e. The molecule has 1 aromatic heterocycles. The lowest BCUT2D eigenvalue weighted by Crippen LogP contribution is -2.14. The first-order chi connectivity index (χ1) is 8.22. The van der Waals surface area contributed by atoms with Gasteiger partial charge < -0.3 is 15.3 Å². The zero-order chi connectivity index (χ0) is 11.8. The Balaban J connectivity index is 1.97. The quantitative estimate of drug-likeness (QED) is 0.798. The molecule has 0 spiro atoms. The van der Waals surface area contributed by atoms with E-state index < -0.39 is 0 Å². The summed E-state index contributed by atoms with van der Waals surface area (Å²) in [5, 5.41) is 3.53. The van der Waals surface area contributed by atoms with E-state index in [2.05, 4.69) is 31.2 Å². The van der Waals surface area contributed by atoms with Gasteiger partial charge in [0, 0.05) is 10.5 Å². The fourth-order valence-corrected chi connectivity index (χ4v) is 2.91. The molecule has 1 heterocycles. The molecule has 3 N–H and O–H groups in total. The lowest BCUT2D eigenvalue weighted by molar-refractivity contribution is 0.755. The molecular weight excluding hydrogens is 282 g/mol. The summed E-state index contributed by atoms with van der Waals surface area (Å²) in [5.41, 5.74) is 2.57. The second kappa shape index (κ2) is 4.22. The first-order valence-corrected chi connectivity index (χ1v) is 6.70. The fourth-order valence-electron chi connectivity index (χ4n) is 2.46. The van der Waals surface area contributed by atoms with Crippen molar-refractivity contribution >= 4 is 32.7 Å². The number of halogens is 1. The standard InChI is InChI=1S/C12H14BrN3O/c13-8-5-10-11(16-12(17)15-10)6-9(8)14-7-3-1-2-4-7/h5-7,14H,1-4H2,(H2,15,16,17). The van der Waals surface area contributed by atoms with E-state index in [0.29, 0.717) is 6.04 Å². The second-order valence-electron chi connectivity index (χ2n) is 4.58. The lowest BCUT2D eigenvalue weighted by atomic mass is 10.2. The van der Waals surface area contributed by atoms with Crippen molar-refractivity contribution in [1.82, 2.24) is 9.97 Å². The molecule has 5 heteroatoms. The summed E-state index contributed by atoms with van der Waals surface area (Å²) in [5.74, 6) is 0. The predicted octanol–water partition coefficient (Wildman–Crippen LogP) is 2.97. The van der Waals surface area contributed by atoms with Crippen LogP contribution in [0.5, 0.6) is 0 Å². The van der Waals surface area contributed by atoms with E-state index in [1.807, 2.05) is 12.1 Å². The van der Waals surface area contributed by atoms with Crippen LogP contribution in [0.25, 0.3) is 11.0 Å². The summed E-state index contributed by atoms with van der Waals surface area (Å²) in [6.07, 6.45) is 5.07. The van der Waals surface area contributed by atoms with Crippen LogP contribution in [0.2, 0.25) is 0 Å². The Morgan fingerprint density at radius 2 is 1.82 bits per heavy atom. The number of fused-ring (bicyclic) bond motifs is 1. The maximum atomic E-state index is 11.2. The van der Waals surface area contributed by atoms with Crippen molar-refractivity contribution in [2.75, 3.05) is 5.32 Å². The molecule has 0 saturated heterocycles. The first-order valence-electron chi connectivity index (χ1n) is 5.90. The maximum absolute atomic E-state index is 11.2. The van der Waals surface area contributed by atoms with Gasteiger partial charge in [0.1, 0.15) is 0 Å². The molecule has 17 heavy (non-hydrogen) atoms. The third kappa shape index (κ3) is 2.11. The molecule has 0 aliphatic heterocycles. The average Bonchev–Trinajstić information content (AvgIpc) is 2.87. The van der Waals surface area contributed by atoms with Gasteiger partial charge in [-0.2, -0.15) is 0 Å². The van der Waals surface area contributed by atoms with Crippen molar-refractivity contribution < 1.29 is 0 Å². The monoisotopic (exact) mass is 295 g/mol. The van der Waals surface area contributed by atoms with Crippen LogP contribution in [0, 0.1) is 0 Å². The van der Waals surface area contributed by atoms with Crippen molar-refractivity contribution in [3.63, 3.8) is 0 Å². The van der Waals surface area contributed by atoms with Gasteiger partial charge in [-0.05, 0) is 40.9 Å². The van der Waals surface area contributed by atoms with Gasteiger partial charge in [0.2, 0.25) is 0 Å². The van der Waals surface area contributed by atoms with Crippen LogP contribution in [0.15, 0.2) is 21.4 Å². The van der Waals surface area contributed by atoms with Gasteiger partial charge >= 0.3 is 5.69 Å². The van der Waals surface area contributed by atoms with Crippen LogP contribution < -0.4 is 11.0 Å². The fraction of sp³-hybridized carbons (Fsp3) is 0.417. The Hall–Kier alpha value is -1.23. The third-order valence-electron chi connectivity index (χ3n) is 3.32. The predicted molar refractivity (Wildman–Crippen MR) is 72.5 cm³/mol. The summed E-state index contributed by atoms with van der Waals surface area (Å²) in [7, 11) is 0. The number of hydrogen-bond donors (Lipinski definition) is 3. The van der Waals surface area contributed by atoms with Crippen LogP contribution in [0.3, 0.4) is 0 Å². The molecule has 1 aromatic carbocycles. The van der Waals surface area contributed by atoms with E-state index in [-0.39, 0.29) is 5.69 Å². The largest absolute Gasteiger partial charge is 0.381 e. The minimum atomic E-state index is -0.162. The highest BCUT2D eigenvalue weighted by molar-refractivity contribution is 9.10. The number of H-pyrrole nitrogens is 2. The molecule has 0 radical (unpaired) electrons. The van der Waals surface area contributed by atoms with Gasteiger partial charge in [0.25, 0.3) is 0 Å². The van der Waals surface area contributed by atoms with Gasteiger partial charge in [-0.25, -0.2) is 4.79 Å². The Labute approximate surface area is 107 Å². The highest BCUT2D eigenvalue weighted by Gasteiger charge is 2.16. The summed E-state index contributed by atoms with van der Waals surface area (Å²) < 4.78 is 0.993. The van der Waals surface area contributed by atoms with E-state index in [4.69, 9.17) is 0 Å². The van der Waals surface area contributed by atoms with Gasteiger partial charge in [-0.15, -0.1) is 0 Å². The molecule has 90 valence electrons. The van der Waals surface area contributed by atoms with Crippen molar-refractivity contribution in [3.05, 3.63) is 27.1 Å². The minimum Gasteiger partial charge on any atom is -0.381 e. The van der Waals surface area contributed by atoms with Gasteiger partial charge in [-0.1, -0.05) is 12.8 Å². The zero-order valence-corrected chi connectivity index (χ0v) is 10.9. The van der Waals surface area contributed by atoms with Crippen molar-refractivity contribution in [3.8, 4) is 0 Å². The molecule has 0 atom stereocenters.